The van der Waals surface area contributed by atoms with Crippen molar-refractivity contribution in [1.82, 2.24) is 4.98 Å². The lowest BCUT2D eigenvalue weighted by molar-refractivity contribution is 0.103. The smallest absolute Gasteiger partial charge is 0.213 e. The van der Waals surface area contributed by atoms with E-state index in [-0.39, 0.29) is 5.78 Å². The van der Waals surface area contributed by atoms with Gasteiger partial charge in [0.15, 0.2) is 6.29 Å². The van der Waals surface area contributed by atoms with Crippen molar-refractivity contribution in [3.63, 3.8) is 0 Å². The molecule has 0 aromatic carbocycles. The van der Waals surface area contributed by atoms with Crippen LogP contribution in [0, 0.1) is 13.8 Å². The molecule has 0 saturated heterocycles. The van der Waals surface area contributed by atoms with Crippen molar-refractivity contribution in [3.8, 4) is 0 Å². The first-order valence-corrected chi connectivity index (χ1v) is 6.33. The van der Waals surface area contributed by atoms with Crippen LogP contribution in [0.15, 0.2) is 11.6 Å². The lowest BCUT2D eigenvalue weighted by Gasteiger charge is -1.96. The van der Waals surface area contributed by atoms with Crippen LogP contribution in [0.5, 0.6) is 0 Å². The second kappa shape index (κ2) is 4.27. The maximum Gasteiger partial charge on any atom is 0.213 e. The summed E-state index contributed by atoms with van der Waals surface area (Å²) in [6.07, 6.45) is 0.766. The van der Waals surface area contributed by atoms with Crippen molar-refractivity contribution < 1.29 is 9.59 Å². The maximum atomic E-state index is 12.1. The molecule has 0 N–H and O–H groups in total. The highest BCUT2D eigenvalue weighted by Crippen LogP contribution is 2.24. The van der Waals surface area contributed by atoms with E-state index < -0.39 is 0 Å². The normalized spacial score (nSPS) is 10.4. The molecule has 2 aromatic heterocycles. The van der Waals surface area contributed by atoms with Crippen LogP contribution in [-0.4, -0.2) is 17.1 Å². The standard InChI is InChI=1S/C11H9NO2S2/c1-6-9(3-8(4-13)16-6)11(14)10-7(2)15-5-12-10/h3-5H,1-2H3. The van der Waals surface area contributed by atoms with E-state index in [1.54, 1.807) is 11.6 Å². The van der Waals surface area contributed by atoms with Gasteiger partial charge in [-0.15, -0.1) is 22.7 Å². The summed E-state index contributed by atoms with van der Waals surface area (Å²) >= 11 is 2.78. The van der Waals surface area contributed by atoms with Gasteiger partial charge in [0.25, 0.3) is 0 Å². The minimum atomic E-state index is -0.0967. The van der Waals surface area contributed by atoms with E-state index in [0.29, 0.717) is 16.1 Å². The van der Waals surface area contributed by atoms with E-state index in [1.807, 2.05) is 13.8 Å². The van der Waals surface area contributed by atoms with E-state index in [1.165, 1.54) is 22.7 Å². The average molecular weight is 251 g/mol. The van der Waals surface area contributed by atoms with Crippen LogP contribution in [0.25, 0.3) is 0 Å². The van der Waals surface area contributed by atoms with Gasteiger partial charge in [-0.2, -0.15) is 0 Å². The van der Waals surface area contributed by atoms with Crippen molar-refractivity contribution in [3.05, 3.63) is 37.5 Å². The van der Waals surface area contributed by atoms with Crippen LogP contribution >= 0.6 is 22.7 Å². The van der Waals surface area contributed by atoms with E-state index in [2.05, 4.69) is 4.98 Å². The number of nitrogens with zero attached hydrogens (tertiary/aromatic N) is 1. The van der Waals surface area contributed by atoms with Gasteiger partial charge in [-0.1, -0.05) is 0 Å². The molecule has 0 aliphatic carbocycles. The van der Waals surface area contributed by atoms with Gasteiger partial charge in [0, 0.05) is 15.3 Å². The highest BCUT2D eigenvalue weighted by molar-refractivity contribution is 7.14. The van der Waals surface area contributed by atoms with Crippen molar-refractivity contribution in [1.29, 1.82) is 0 Å². The summed E-state index contributed by atoms with van der Waals surface area (Å²) in [5, 5.41) is 0. The molecule has 0 saturated carbocycles. The summed E-state index contributed by atoms with van der Waals surface area (Å²) in [7, 11) is 0. The molecule has 3 nitrogen and oxygen atoms in total. The molecule has 2 heterocycles. The molecule has 82 valence electrons. The van der Waals surface area contributed by atoms with Crippen LogP contribution in [0.2, 0.25) is 0 Å². The number of carbonyl (C=O) groups excluding carboxylic acids is 2. The number of aryl methyl sites for hydroxylation is 2. The molecular weight excluding hydrogens is 242 g/mol. The third-order valence-corrected chi connectivity index (χ3v) is 3.99. The van der Waals surface area contributed by atoms with Crippen molar-refractivity contribution >= 4 is 34.7 Å². The zero-order chi connectivity index (χ0) is 11.7. The summed E-state index contributed by atoms with van der Waals surface area (Å²) in [6, 6.07) is 1.63. The lowest BCUT2D eigenvalue weighted by Crippen LogP contribution is -2.03. The van der Waals surface area contributed by atoms with Crippen molar-refractivity contribution in [2.75, 3.05) is 0 Å². The molecule has 0 aliphatic rings. The monoisotopic (exact) mass is 251 g/mol. The molecule has 0 bridgehead atoms. The first-order valence-electron chi connectivity index (χ1n) is 4.64. The molecular formula is C11H9NO2S2. The summed E-state index contributed by atoms with van der Waals surface area (Å²) in [5.41, 5.74) is 2.73. The number of aromatic nitrogens is 1. The Balaban J connectivity index is 2.45. The number of carbonyl (C=O) groups is 2. The van der Waals surface area contributed by atoms with Gasteiger partial charge in [0.05, 0.1) is 10.4 Å². The Bertz CT molecular complexity index is 554. The van der Waals surface area contributed by atoms with E-state index in [0.717, 1.165) is 16.0 Å². The predicted octanol–water partition coefficient (Wildman–Crippen LogP) is 2.86. The molecule has 5 heteroatoms. The third kappa shape index (κ3) is 1.83. The van der Waals surface area contributed by atoms with Crippen LogP contribution < -0.4 is 0 Å². The Morgan fingerprint density at radius 1 is 1.38 bits per heavy atom. The van der Waals surface area contributed by atoms with Gasteiger partial charge in [-0.3, -0.25) is 9.59 Å². The topological polar surface area (TPSA) is 47.0 Å². The van der Waals surface area contributed by atoms with Gasteiger partial charge >= 0.3 is 0 Å². The van der Waals surface area contributed by atoms with Gasteiger partial charge in [0.1, 0.15) is 5.69 Å². The molecule has 0 unspecified atom stereocenters. The maximum absolute atomic E-state index is 12.1. The molecule has 0 radical (unpaired) electrons. The van der Waals surface area contributed by atoms with Gasteiger partial charge in [0.2, 0.25) is 5.78 Å². The van der Waals surface area contributed by atoms with Gasteiger partial charge in [-0.25, -0.2) is 4.98 Å². The van der Waals surface area contributed by atoms with Crippen LogP contribution in [0.4, 0.5) is 0 Å². The van der Waals surface area contributed by atoms with Crippen LogP contribution in [0.1, 0.15) is 35.5 Å². The quantitative estimate of drug-likeness (QED) is 0.622. The second-order valence-electron chi connectivity index (χ2n) is 3.32. The Labute approximate surface area is 101 Å². The fourth-order valence-electron chi connectivity index (χ4n) is 1.44. The minimum Gasteiger partial charge on any atom is -0.297 e. The number of thiazole rings is 1. The average Bonchev–Trinajstić information content (AvgIpc) is 2.83. The molecule has 0 amide bonds. The number of ketones is 1. The van der Waals surface area contributed by atoms with E-state index >= 15 is 0 Å². The second-order valence-corrected chi connectivity index (χ2v) is 5.67. The molecule has 0 aliphatic heterocycles. The third-order valence-electron chi connectivity index (χ3n) is 2.26. The summed E-state index contributed by atoms with van der Waals surface area (Å²) in [5.74, 6) is -0.0967. The zero-order valence-corrected chi connectivity index (χ0v) is 10.4. The van der Waals surface area contributed by atoms with Crippen molar-refractivity contribution in [2.45, 2.75) is 13.8 Å². The largest absolute Gasteiger partial charge is 0.297 e. The SMILES string of the molecule is Cc1sc(C=O)cc1C(=O)c1ncsc1C. The molecule has 16 heavy (non-hydrogen) atoms. The summed E-state index contributed by atoms with van der Waals surface area (Å²) in [4.78, 5) is 29.1. The first kappa shape index (κ1) is 11.2. The number of hydrogen-bond acceptors (Lipinski definition) is 5. The molecule has 0 atom stereocenters. The highest BCUT2D eigenvalue weighted by Gasteiger charge is 2.18. The highest BCUT2D eigenvalue weighted by atomic mass is 32.1. The van der Waals surface area contributed by atoms with E-state index in [9.17, 15) is 9.59 Å². The Morgan fingerprint density at radius 3 is 2.62 bits per heavy atom. The number of thiophene rings is 1. The summed E-state index contributed by atoms with van der Waals surface area (Å²) < 4.78 is 0. The van der Waals surface area contributed by atoms with Crippen molar-refractivity contribution in [2.24, 2.45) is 0 Å². The minimum absolute atomic E-state index is 0.0967. The molecule has 0 spiro atoms. The molecule has 2 rings (SSSR count). The fourth-order valence-corrected chi connectivity index (χ4v) is 2.85. The number of aldehydes is 1. The zero-order valence-electron chi connectivity index (χ0n) is 8.81. The van der Waals surface area contributed by atoms with Crippen LogP contribution in [0.3, 0.4) is 0 Å². The molecule has 2 aromatic rings. The van der Waals surface area contributed by atoms with Gasteiger partial charge < -0.3 is 0 Å². The Kier molecular flexibility index (Phi) is 2.98. The molecule has 0 fully saturated rings. The Morgan fingerprint density at radius 2 is 2.12 bits per heavy atom. The number of hydrogen-bond donors (Lipinski definition) is 0. The number of rotatable bonds is 3. The lowest BCUT2D eigenvalue weighted by atomic mass is 10.1. The van der Waals surface area contributed by atoms with E-state index in [4.69, 9.17) is 0 Å². The summed E-state index contributed by atoms with van der Waals surface area (Å²) in [6.45, 7) is 3.71. The Hall–Kier alpha value is -1.33. The van der Waals surface area contributed by atoms with Gasteiger partial charge in [-0.05, 0) is 19.9 Å². The predicted molar refractivity (Wildman–Crippen MR) is 64.7 cm³/mol. The van der Waals surface area contributed by atoms with Crippen LogP contribution in [-0.2, 0) is 0 Å². The first-order chi connectivity index (χ1) is 7.63. The fraction of sp³-hybridized carbons (Fsp3) is 0.182.